The van der Waals surface area contributed by atoms with E-state index in [4.69, 9.17) is 9.47 Å². The normalized spacial score (nSPS) is 10.8. The molecule has 0 saturated carbocycles. The molecule has 0 saturated heterocycles. The average molecular weight is 661 g/mol. The number of hydrogen-bond donors (Lipinski definition) is 2. The fraction of sp³-hybridized carbons (Fsp3) is 0.0645. The zero-order valence-corrected chi connectivity index (χ0v) is 24.5. The van der Waals surface area contributed by atoms with Crippen LogP contribution in [0.4, 0.5) is 10.8 Å². The van der Waals surface area contributed by atoms with E-state index >= 15 is 0 Å². The Labute approximate surface area is 250 Å². The maximum atomic E-state index is 12.7. The molecule has 200 valence electrons. The van der Waals surface area contributed by atoms with Gasteiger partial charge in [0.1, 0.15) is 6.61 Å². The second-order valence-corrected chi connectivity index (χ2v) is 10.6. The number of benzene rings is 4. The number of methoxy groups -OCH3 is 1. The number of hydrazone groups is 1. The van der Waals surface area contributed by atoms with E-state index in [1.54, 1.807) is 25.5 Å². The highest BCUT2D eigenvalue weighted by Crippen LogP contribution is 2.34. The molecule has 0 radical (unpaired) electrons. The Bertz CT molecular complexity index is 1610. The first kappa shape index (κ1) is 27.4. The number of rotatable bonds is 10. The number of amides is 1. The number of nitrogens with one attached hydrogen (secondary N) is 2. The highest BCUT2D eigenvalue weighted by molar-refractivity contribution is 14.1. The van der Waals surface area contributed by atoms with Crippen molar-refractivity contribution in [3.05, 3.63) is 123 Å². The second-order valence-electron chi connectivity index (χ2n) is 8.61. The molecule has 40 heavy (non-hydrogen) atoms. The SMILES string of the molecule is COc1cc(/C=N\NC(=O)c2ccc(-c3csc(Nc4ccccc4)n3)cc2)cc(I)c1OCc1ccccc1. The molecule has 5 rings (SSSR count). The zero-order valence-electron chi connectivity index (χ0n) is 21.5. The standard InChI is InChI=1S/C31H25IN4O3S/c1-38-28-17-22(16-26(32)29(28)39-19-21-8-4-2-5-9-21)18-33-36-30(37)24-14-12-23(13-15-24)27-20-40-31(35-27)34-25-10-6-3-7-11-25/h2-18,20H,19H2,1H3,(H,34,35)(H,36,37)/b33-18-. The van der Waals surface area contributed by atoms with Crippen LogP contribution in [-0.4, -0.2) is 24.2 Å². The summed E-state index contributed by atoms with van der Waals surface area (Å²) in [5.41, 5.74) is 7.67. The molecule has 9 heteroatoms. The lowest BCUT2D eigenvalue weighted by Crippen LogP contribution is -2.17. The number of carbonyl (C=O) groups excluding carboxylic acids is 1. The first-order valence-electron chi connectivity index (χ1n) is 12.3. The van der Waals surface area contributed by atoms with E-state index in [9.17, 15) is 4.79 Å². The van der Waals surface area contributed by atoms with Crippen LogP contribution in [0.25, 0.3) is 11.3 Å². The summed E-state index contributed by atoms with van der Waals surface area (Å²) in [4.78, 5) is 17.3. The number of aromatic nitrogens is 1. The molecular weight excluding hydrogens is 635 g/mol. The van der Waals surface area contributed by atoms with Crippen LogP contribution < -0.4 is 20.2 Å². The minimum Gasteiger partial charge on any atom is -0.493 e. The average Bonchev–Trinajstić information content (AvgIpc) is 3.46. The lowest BCUT2D eigenvalue weighted by Gasteiger charge is -2.13. The summed E-state index contributed by atoms with van der Waals surface area (Å²) < 4.78 is 12.4. The van der Waals surface area contributed by atoms with Gasteiger partial charge in [-0.1, -0.05) is 60.7 Å². The Morgan fingerprint density at radius 1 is 1.00 bits per heavy atom. The third kappa shape index (κ3) is 7.04. The fourth-order valence-corrected chi connectivity index (χ4v) is 5.34. The van der Waals surface area contributed by atoms with E-state index < -0.39 is 0 Å². The Morgan fingerprint density at radius 2 is 1.73 bits per heavy atom. The topological polar surface area (TPSA) is 84.8 Å². The van der Waals surface area contributed by atoms with Gasteiger partial charge in [-0.25, -0.2) is 10.4 Å². The lowest BCUT2D eigenvalue weighted by atomic mass is 10.1. The predicted octanol–water partition coefficient (Wildman–Crippen LogP) is 7.51. The third-order valence-corrected chi connectivity index (χ3v) is 7.39. The lowest BCUT2D eigenvalue weighted by molar-refractivity contribution is 0.0955. The van der Waals surface area contributed by atoms with Crippen molar-refractivity contribution in [2.75, 3.05) is 12.4 Å². The van der Waals surface area contributed by atoms with Crippen LogP contribution in [0.1, 0.15) is 21.5 Å². The molecule has 4 aromatic carbocycles. The molecule has 5 aromatic rings. The minimum atomic E-state index is -0.308. The summed E-state index contributed by atoms with van der Waals surface area (Å²) in [6, 6.07) is 30.9. The Balaban J connectivity index is 1.19. The van der Waals surface area contributed by atoms with Gasteiger partial charge in [0.15, 0.2) is 16.6 Å². The number of carbonyl (C=O) groups is 1. The molecule has 1 aromatic heterocycles. The molecule has 0 fully saturated rings. The van der Waals surface area contributed by atoms with Gasteiger partial charge in [0.25, 0.3) is 5.91 Å². The van der Waals surface area contributed by atoms with Crippen LogP contribution in [0.5, 0.6) is 11.5 Å². The first-order chi connectivity index (χ1) is 19.6. The van der Waals surface area contributed by atoms with Crippen LogP contribution in [-0.2, 0) is 6.61 Å². The summed E-state index contributed by atoms with van der Waals surface area (Å²) in [6.07, 6.45) is 1.58. The van der Waals surface area contributed by atoms with E-state index in [0.717, 1.165) is 36.8 Å². The molecule has 0 bridgehead atoms. The van der Waals surface area contributed by atoms with Crippen molar-refractivity contribution < 1.29 is 14.3 Å². The van der Waals surface area contributed by atoms with Crippen molar-refractivity contribution in [3.8, 4) is 22.8 Å². The van der Waals surface area contributed by atoms with Gasteiger partial charge in [0.2, 0.25) is 0 Å². The molecule has 1 amide bonds. The van der Waals surface area contributed by atoms with Gasteiger partial charge in [-0.2, -0.15) is 5.10 Å². The molecule has 0 aliphatic rings. The van der Waals surface area contributed by atoms with Crippen molar-refractivity contribution in [3.63, 3.8) is 0 Å². The van der Waals surface area contributed by atoms with Gasteiger partial charge in [0, 0.05) is 22.2 Å². The number of anilines is 2. The molecule has 7 nitrogen and oxygen atoms in total. The first-order valence-corrected chi connectivity index (χ1v) is 14.3. The van der Waals surface area contributed by atoms with Gasteiger partial charge in [0.05, 0.1) is 22.6 Å². The van der Waals surface area contributed by atoms with Gasteiger partial charge in [-0.05, 0) is 70.1 Å². The monoisotopic (exact) mass is 660 g/mol. The van der Waals surface area contributed by atoms with E-state index in [1.165, 1.54) is 11.3 Å². The minimum absolute atomic E-state index is 0.308. The second kappa shape index (κ2) is 13.2. The summed E-state index contributed by atoms with van der Waals surface area (Å²) in [7, 11) is 1.60. The van der Waals surface area contributed by atoms with Gasteiger partial charge < -0.3 is 14.8 Å². The summed E-state index contributed by atoms with van der Waals surface area (Å²) in [5, 5.41) is 10.2. The van der Waals surface area contributed by atoms with Crippen LogP contribution in [0, 0.1) is 3.57 Å². The van der Waals surface area contributed by atoms with E-state index in [-0.39, 0.29) is 5.91 Å². The van der Waals surface area contributed by atoms with Gasteiger partial charge in [-0.15, -0.1) is 11.3 Å². The number of ether oxygens (including phenoxy) is 2. The molecule has 0 atom stereocenters. The fourth-order valence-electron chi connectivity index (χ4n) is 3.82. The Kier molecular flexibility index (Phi) is 9.04. The number of hydrogen-bond acceptors (Lipinski definition) is 7. The summed E-state index contributed by atoms with van der Waals surface area (Å²) >= 11 is 3.73. The zero-order chi connectivity index (χ0) is 27.7. The Morgan fingerprint density at radius 3 is 2.45 bits per heavy atom. The van der Waals surface area contributed by atoms with Gasteiger partial charge >= 0.3 is 0 Å². The highest BCUT2D eigenvalue weighted by atomic mass is 127. The van der Waals surface area contributed by atoms with E-state index in [2.05, 4.69) is 43.4 Å². The van der Waals surface area contributed by atoms with E-state index in [1.807, 2.05) is 90.3 Å². The maximum absolute atomic E-state index is 12.7. The molecule has 0 aliphatic carbocycles. The quantitative estimate of drug-likeness (QED) is 0.0921. The molecule has 1 heterocycles. The largest absolute Gasteiger partial charge is 0.493 e. The molecule has 0 unspecified atom stereocenters. The Hall–Kier alpha value is -4.22. The van der Waals surface area contributed by atoms with E-state index in [0.29, 0.717) is 23.7 Å². The summed E-state index contributed by atoms with van der Waals surface area (Å²) in [6.45, 7) is 0.434. The number of para-hydroxylation sites is 1. The highest BCUT2D eigenvalue weighted by Gasteiger charge is 2.12. The van der Waals surface area contributed by atoms with Crippen molar-refractivity contribution in [1.29, 1.82) is 0 Å². The number of halogens is 1. The van der Waals surface area contributed by atoms with Crippen molar-refractivity contribution in [1.82, 2.24) is 10.4 Å². The predicted molar refractivity (Wildman–Crippen MR) is 169 cm³/mol. The third-order valence-electron chi connectivity index (χ3n) is 5.83. The van der Waals surface area contributed by atoms with Crippen molar-refractivity contribution >= 4 is 56.9 Å². The smallest absolute Gasteiger partial charge is 0.271 e. The van der Waals surface area contributed by atoms with Crippen LogP contribution in [0.15, 0.2) is 108 Å². The molecule has 2 N–H and O–H groups in total. The summed E-state index contributed by atoms with van der Waals surface area (Å²) in [5.74, 6) is 0.948. The maximum Gasteiger partial charge on any atom is 0.271 e. The molecular formula is C31H25IN4O3S. The van der Waals surface area contributed by atoms with Crippen LogP contribution in [0.3, 0.4) is 0 Å². The van der Waals surface area contributed by atoms with Gasteiger partial charge in [-0.3, -0.25) is 4.79 Å². The van der Waals surface area contributed by atoms with Crippen molar-refractivity contribution in [2.24, 2.45) is 5.10 Å². The number of nitrogens with zero attached hydrogens (tertiary/aromatic N) is 2. The van der Waals surface area contributed by atoms with Crippen LogP contribution in [0.2, 0.25) is 0 Å². The molecule has 0 aliphatic heterocycles. The molecule has 0 spiro atoms. The van der Waals surface area contributed by atoms with Crippen molar-refractivity contribution in [2.45, 2.75) is 6.61 Å². The number of thiazole rings is 1. The van der Waals surface area contributed by atoms with Crippen LogP contribution >= 0.6 is 33.9 Å².